The third kappa shape index (κ3) is 6.98. The molecule has 5 unspecified atom stereocenters. The van der Waals surface area contributed by atoms with Gasteiger partial charge in [0, 0.05) is 41.6 Å². The van der Waals surface area contributed by atoms with Crippen LogP contribution in [0.5, 0.6) is 0 Å². The highest BCUT2D eigenvalue weighted by Crippen LogP contribution is 2.44. The molecule has 0 bridgehead atoms. The Morgan fingerprint density at radius 3 is 2.40 bits per heavy atom. The van der Waals surface area contributed by atoms with Gasteiger partial charge in [-0.25, -0.2) is 0 Å². The van der Waals surface area contributed by atoms with Gasteiger partial charge in [0.05, 0.1) is 0 Å². The molecule has 1 aromatic rings. The van der Waals surface area contributed by atoms with Gasteiger partial charge < -0.3 is 16.0 Å². The molecular formula is C40H55N3. The zero-order valence-electron chi connectivity index (χ0n) is 27.0. The van der Waals surface area contributed by atoms with E-state index in [9.17, 15) is 0 Å². The molecular weight excluding hydrogens is 522 g/mol. The monoisotopic (exact) mass is 577 g/mol. The molecule has 3 heteroatoms. The summed E-state index contributed by atoms with van der Waals surface area (Å²) < 4.78 is 0. The summed E-state index contributed by atoms with van der Waals surface area (Å²) in [5.41, 5.74) is 15.2. The molecule has 4 aliphatic carbocycles. The molecule has 43 heavy (non-hydrogen) atoms. The zero-order valence-corrected chi connectivity index (χ0v) is 27.0. The Balaban J connectivity index is 1.18. The molecule has 0 spiro atoms. The number of rotatable bonds is 6. The van der Waals surface area contributed by atoms with Crippen molar-refractivity contribution < 1.29 is 0 Å². The number of anilines is 2. The van der Waals surface area contributed by atoms with Crippen LogP contribution in [0.1, 0.15) is 103 Å². The topological polar surface area (TPSA) is 41.3 Å². The maximum absolute atomic E-state index is 6.50. The number of nitrogens with two attached hydrogens (primary N) is 1. The van der Waals surface area contributed by atoms with Gasteiger partial charge in [-0.15, -0.1) is 0 Å². The van der Waals surface area contributed by atoms with Crippen molar-refractivity contribution in [1.29, 1.82) is 0 Å². The zero-order chi connectivity index (χ0) is 29.8. The Morgan fingerprint density at radius 1 is 0.884 bits per heavy atom. The van der Waals surface area contributed by atoms with Crippen molar-refractivity contribution in [2.45, 2.75) is 121 Å². The Morgan fingerprint density at radius 2 is 1.67 bits per heavy atom. The van der Waals surface area contributed by atoms with Crippen LogP contribution in [0.4, 0.5) is 11.4 Å². The van der Waals surface area contributed by atoms with E-state index in [-0.39, 0.29) is 17.5 Å². The first-order chi connectivity index (χ1) is 20.9. The van der Waals surface area contributed by atoms with Crippen molar-refractivity contribution in [3.8, 4) is 0 Å². The second kappa shape index (κ2) is 13.5. The number of hydrogen-bond acceptors (Lipinski definition) is 3. The largest absolute Gasteiger partial charge is 0.382 e. The number of benzene rings is 1. The van der Waals surface area contributed by atoms with Crippen molar-refractivity contribution in [3.05, 3.63) is 95.2 Å². The molecule has 1 aromatic carbocycles. The van der Waals surface area contributed by atoms with Crippen LogP contribution in [0.15, 0.2) is 89.6 Å². The molecule has 1 aliphatic heterocycles. The highest BCUT2D eigenvalue weighted by atomic mass is 15.2. The third-order valence-electron chi connectivity index (χ3n) is 11.0. The molecule has 5 atom stereocenters. The van der Waals surface area contributed by atoms with Crippen molar-refractivity contribution in [2.75, 3.05) is 16.8 Å². The van der Waals surface area contributed by atoms with Gasteiger partial charge in [0.15, 0.2) is 0 Å². The summed E-state index contributed by atoms with van der Waals surface area (Å²) in [6.45, 7) is 8.08. The van der Waals surface area contributed by atoms with Gasteiger partial charge in [0.25, 0.3) is 0 Å². The Hall–Kier alpha value is -2.78. The Kier molecular flexibility index (Phi) is 9.48. The van der Waals surface area contributed by atoms with Crippen molar-refractivity contribution >= 4 is 11.4 Å². The second-order valence-corrected chi connectivity index (χ2v) is 14.6. The van der Waals surface area contributed by atoms with Crippen LogP contribution in [0.3, 0.4) is 0 Å². The third-order valence-corrected chi connectivity index (χ3v) is 11.0. The van der Waals surface area contributed by atoms with Crippen LogP contribution in [0, 0.1) is 11.8 Å². The lowest BCUT2D eigenvalue weighted by Crippen LogP contribution is -2.37. The second-order valence-electron chi connectivity index (χ2n) is 14.6. The van der Waals surface area contributed by atoms with Gasteiger partial charge in [-0.1, -0.05) is 74.6 Å². The van der Waals surface area contributed by atoms with Crippen molar-refractivity contribution in [1.82, 2.24) is 0 Å². The standard InChI is InChI=1S/C40H55N3/c1-29(28-34-14-7-8-15-36(34)41)43-27-10-9-26-40(2,3)39-37(16-11-17-38(39)43)42-35-24-22-33(23-25-35)32-20-18-31(19-21-32)30-12-5-4-6-13-30/h4-5,7,9-11,14,16-17,20,22,28-31,35-36,42H,6,8,12-13,15,18-19,21,23-27,41H2,1-3H3/b10-9-,34-28-. The van der Waals surface area contributed by atoms with Crippen molar-refractivity contribution in [3.63, 3.8) is 0 Å². The lowest BCUT2D eigenvalue weighted by Gasteiger charge is -2.39. The van der Waals surface area contributed by atoms with E-state index in [1.54, 1.807) is 11.1 Å². The average molecular weight is 578 g/mol. The van der Waals surface area contributed by atoms with Gasteiger partial charge in [-0.2, -0.15) is 0 Å². The SMILES string of the molecule is CC(/C=C1/C=CCCC1N)N1C/C=C\CC(C)(C)c2c(NC3CC=C(C4=CCC(C5CC=CCC5)CC4)CC3)cccc21. The average Bonchev–Trinajstić information content (AvgIpc) is 3.02. The Bertz CT molecular complexity index is 1320. The van der Waals surface area contributed by atoms with Gasteiger partial charge in [0.1, 0.15) is 0 Å². The fourth-order valence-corrected chi connectivity index (χ4v) is 8.39. The molecule has 0 amide bonds. The molecule has 0 aromatic heterocycles. The van der Waals surface area contributed by atoms with Crippen molar-refractivity contribution in [2.24, 2.45) is 17.6 Å². The first-order valence-electron chi connectivity index (χ1n) is 17.4. The van der Waals surface area contributed by atoms with E-state index in [2.05, 4.69) is 104 Å². The summed E-state index contributed by atoms with van der Waals surface area (Å²) in [6.07, 6.45) is 36.3. The smallest absolute Gasteiger partial charge is 0.0454 e. The van der Waals surface area contributed by atoms with Gasteiger partial charge in [0.2, 0.25) is 0 Å². The van der Waals surface area contributed by atoms with Crippen LogP contribution >= 0.6 is 0 Å². The lowest BCUT2D eigenvalue weighted by molar-refractivity contribution is 0.285. The van der Waals surface area contributed by atoms with Crippen LogP contribution in [-0.4, -0.2) is 24.7 Å². The quantitative estimate of drug-likeness (QED) is 0.331. The molecule has 0 saturated carbocycles. The lowest BCUT2D eigenvalue weighted by atomic mass is 9.74. The summed E-state index contributed by atoms with van der Waals surface area (Å²) in [6, 6.07) is 7.82. The first kappa shape index (κ1) is 30.3. The number of fused-ring (bicyclic) bond motifs is 1. The molecule has 5 aliphatic rings. The van der Waals surface area contributed by atoms with Gasteiger partial charge in [-0.3, -0.25) is 0 Å². The molecule has 0 radical (unpaired) electrons. The van der Waals surface area contributed by atoms with E-state index in [1.807, 2.05) is 0 Å². The van der Waals surface area contributed by atoms with E-state index in [4.69, 9.17) is 5.73 Å². The minimum absolute atomic E-state index is 0.0370. The molecule has 6 rings (SSSR count). The van der Waals surface area contributed by atoms with E-state index in [0.29, 0.717) is 6.04 Å². The normalized spacial score (nSPS) is 31.3. The highest BCUT2D eigenvalue weighted by Gasteiger charge is 2.32. The van der Waals surface area contributed by atoms with Gasteiger partial charge in [-0.05, 0) is 130 Å². The summed E-state index contributed by atoms with van der Waals surface area (Å²) in [4.78, 5) is 2.57. The highest BCUT2D eigenvalue weighted by molar-refractivity contribution is 5.71. The predicted octanol–water partition coefficient (Wildman–Crippen LogP) is 9.70. The summed E-state index contributed by atoms with van der Waals surface area (Å²) in [5.74, 6) is 1.82. The molecule has 3 N–H and O–H groups in total. The number of nitrogens with one attached hydrogen (secondary N) is 1. The molecule has 1 heterocycles. The van der Waals surface area contributed by atoms with E-state index < -0.39 is 0 Å². The first-order valence-corrected chi connectivity index (χ1v) is 17.4. The molecule has 0 fully saturated rings. The summed E-state index contributed by atoms with van der Waals surface area (Å²) in [5, 5.41) is 4.07. The molecule has 0 saturated heterocycles. The van der Waals surface area contributed by atoms with E-state index >= 15 is 0 Å². The van der Waals surface area contributed by atoms with E-state index in [1.165, 1.54) is 73.9 Å². The van der Waals surface area contributed by atoms with Gasteiger partial charge >= 0.3 is 0 Å². The van der Waals surface area contributed by atoms with Crippen LogP contribution in [-0.2, 0) is 5.41 Å². The summed E-state index contributed by atoms with van der Waals surface area (Å²) in [7, 11) is 0. The molecule has 230 valence electrons. The fourth-order valence-electron chi connectivity index (χ4n) is 8.39. The van der Waals surface area contributed by atoms with Crippen LogP contribution in [0.2, 0.25) is 0 Å². The fraction of sp³-hybridized carbons (Fsp3) is 0.550. The maximum atomic E-state index is 6.50. The Labute approximate surface area is 261 Å². The minimum Gasteiger partial charge on any atom is -0.382 e. The number of nitrogens with zero attached hydrogens (tertiary/aromatic N) is 1. The predicted molar refractivity (Wildman–Crippen MR) is 186 cm³/mol. The minimum atomic E-state index is 0.0370. The van der Waals surface area contributed by atoms with Crippen LogP contribution in [0.25, 0.3) is 0 Å². The molecule has 3 nitrogen and oxygen atoms in total. The maximum Gasteiger partial charge on any atom is 0.0454 e. The number of allylic oxidation sites excluding steroid dienone is 7. The van der Waals surface area contributed by atoms with E-state index in [0.717, 1.165) is 44.1 Å². The van der Waals surface area contributed by atoms with Crippen LogP contribution < -0.4 is 16.0 Å². The number of hydrogen-bond donors (Lipinski definition) is 2. The summed E-state index contributed by atoms with van der Waals surface area (Å²) >= 11 is 0.